The highest BCUT2D eigenvalue weighted by Crippen LogP contribution is 2.27. The highest BCUT2D eigenvalue weighted by atomic mass is 35.5. The van der Waals surface area contributed by atoms with Gasteiger partial charge < -0.3 is 30.5 Å². The number of rotatable bonds is 5. The lowest BCUT2D eigenvalue weighted by Crippen LogP contribution is -2.66. The molecule has 4 N–H and O–H groups in total. The molecule has 38 heavy (non-hydrogen) atoms. The van der Waals surface area contributed by atoms with Gasteiger partial charge in [0.2, 0.25) is 0 Å². The average molecular weight is 582 g/mol. The van der Waals surface area contributed by atoms with E-state index in [1.54, 1.807) is 24.3 Å². The summed E-state index contributed by atoms with van der Waals surface area (Å²) in [4.78, 5) is 50.8. The molecule has 10 nitrogen and oxygen atoms in total. The fourth-order valence-corrected chi connectivity index (χ4v) is 6.53. The minimum atomic E-state index is -1.05. The third-order valence-electron chi connectivity index (χ3n) is 7.15. The number of piperidine rings is 1. The number of fused-ring (bicyclic) bond motifs is 2. The zero-order valence-electron chi connectivity index (χ0n) is 21.0. The molecule has 2 aliphatic heterocycles. The van der Waals surface area contributed by atoms with Crippen LogP contribution in [0.5, 0.6) is 0 Å². The summed E-state index contributed by atoms with van der Waals surface area (Å²) in [7, 11) is 2.04. The molecule has 0 spiro atoms. The fourth-order valence-electron chi connectivity index (χ4n) is 5.26. The van der Waals surface area contributed by atoms with Crippen LogP contribution >= 0.6 is 35.3 Å². The van der Waals surface area contributed by atoms with Gasteiger partial charge in [0, 0.05) is 46.9 Å². The van der Waals surface area contributed by atoms with E-state index in [0.29, 0.717) is 28.6 Å². The molecule has 0 saturated carbocycles. The van der Waals surface area contributed by atoms with Crippen LogP contribution in [0, 0.1) is 0 Å². The number of nitrogens with one attached hydrogen (secondary N) is 3. The zero-order valence-corrected chi connectivity index (χ0v) is 23.4. The van der Waals surface area contributed by atoms with E-state index in [4.69, 9.17) is 11.6 Å². The molecule has 1 saturated heterocycles. The Labute approximate surface area is 235 Å². The normalized spacial score (nSPS) is 21.4. The fraction of sp³-hybridized carbons (Fsp3) is 0.440. The van der Waals surface area contributed by atoms with Crippen molar-refractivity contribution in [3.8, 4) is 0 Å². The largest absolute Gasteiger partial charge is 0.465 e. The van der Waals surface area contributed by atoms with Crippen molar-refractivity contribution in [2.24, 2.45) is 0 Å². The van der Waals surface area contributed by atoms with Gasteiger partial charge in [0.25, 0.3) is 11.8 Å². The van der Waals surface area contributed by atoms with Crippen molar-refractivity contribution in [3.63, 3.8) is 0 Å². The van der Waals surface area contributed by atoms with E-state index < -0.39 is 24.2 Å². The van der Waals surface area contributed by atoms with Crippen LogP contribution in [-0.2, 0) is 13.0 Å². The van der Waals surface area contributed by atoms with E-state index in [9.17, 15) is 19.5 Å². The molecule has 204 valence electrons. The number of carboxylic acid groups (broad SMARTS) is 1. The summed E-state index contributed by atoms with van der Waals surface area (Å²) in [5.41, 5.74) is 2.06. The van der Waals surface area contributed by atoms with E-state index in [1.165, 1.54) is 16.2 Å². The molecule has 2 aliphatic rings. The van der Waals surface area contributed by atoms with Crippen molar-refractivity contribution in [1.29, 1.82) is 0 Å². The van der Waals surface area contributed by atoms with Gasteiger partial charge in [-0.1, -0.05) is 18.5 Å². The number of likely N-dealkylation sites (N-methyl/N-ethyl adjacent to an activating group) is 1. The number of aromatic amines is 1. The van der Waals surface area contributed by atoms with Crippen LogP contribution in [0.2, 0.25) is 5.02 Å². The van der Waals surface area contributed by atoms with Crippen molar-refractivity contribution < 1.29 is 19.5 Å². The number of carbonyl (C=O) groups is 3. The standard InChI is InChI=1S/C25H29ClN6O4S.ClH/c1-3-19-21(30-22(33)18-11-13-10-14(26)4-5-15(13)27-18)17(7-9-32(19)25(35)36)28-23(34)24-29-16-6-8-31(2)12-20(16)37-24;/h4-5,10-11,17,19,21,27H,3,6-9,12H2,1-2H3,(H,28,34)(H,30,33)(H,35,36);1H/t17-,19?,21+;/m0./s1. The first-order valence-corrected chi connectivity index (χ1v) is 13.5. The molecule has 1 unspecified atom stereocenters. The van der Waals surface area contributed by atoms with Crippen molar-refractivity contribution >= 4 is 64.2 Å². The third kappa shape index (κ3) is 5.61. The SMILES string of the molecule is CCC1[C@H](NC(=O)c2cc3cc(Cl)ccc3[nH]2)[C@@H](NC(=O)c2nc3c(s2)CN(C)CC3)CCN1C(=O)O.Cl. The van der Waals surface area contributed by atoms with Crippen LogP contribution in [0.4, 0.5) is 4.79 Å². The van der Waals surface area contributed by atoms with E-state index in [-0.39, 0.29) is 30.8 Å². The molecule has 2 aromatic heterocycles. The molecule has 1 aromatic carbocycles. The Morgan fingerprint density at radius 2 is 2.00 bits per heavy atom. The number of hydrogen-bond donors (Lipinski definition) is 4. The Morgan fingerprint density at radius 3 is 2.74 bits per heavy atom. The summed E-state index contributed by atoms with van der Waals surface area (Å²) in [5.74, 6) is -0.680. The van der Waals surface area contributed by atoms with Crippen LogP contribution in [0.3, 0.4) is 0 Å². The van der Waals surface area contributed by atoms with Gasteiger partial charge in [-0.3, -0.25) is 9.59 Å². The maximum Gasteiger partial charge on any atom is 0.407 e. The first kappa shape index (κ1) is 28.2. The summed E-state index contributed by atoms with van der Waals surface area (Å²) < 4.78 is 0. The lowest BCUT2D eigenvalue weighted by atomic mass is 9.89. The Hall–Kier alpha value is -2.86. The molecule has 3 aromatic rings. The zero-order chi connectivity index (χ0) is 26.3. The average Bonchev–Trinajstić information content (AvgIpc) is 3.48. The Morgan fingerprint density at radius 1 is 1.21 bits per heavy atom. The van der Waals surface area contributed by atoms with Crippen molar-refractivity contribution in [2.75, 3.05) is 20.1 Å². The first-order valence-electron chi connectivity index (χ1n) is 12.3. The quantitative estimate of drug-likeness (QED) is 0.363. The van der Waals surface area contributed by atoms with Crippen LogP contribution in [0.15, 0.2) is 24.3 Å². The Balaban J connectivity index is 0.00000336. The maximum absolute atomic E-state index is 13.3. The van der Waals surface area contributed by atoms with Crippen LogP contribution < -0.4 is 10.6 Å². The number of benzene rings is 1. The lowest BCUT2D eigenvalue weighted by molar-refractivity contribution is 0.0604. The number of amides is 3. The summed E-state index contributed by atoms with van der Waals surface area (Å²) >= 11 is 7.47. The van der Waals surface area contributed by atoms with Crippen molar-refractivity contribution in [2.45, 2.75) is 50.9 Å². The van der Waals surface area contributed by atoms with Crippen molar-refractivity contribution in [1.82, 2.24) is 30.4 Å². The van der Waals surface area contributed by atoms with Gasteiger partial charge >= 0.3 is 6.09 Å². The molecule has 3 atom stereocenters. The molecule has 0 radical (unpaired) electrons. The van der Waals surface area contributed by atoms with Crippen LogP contribution in [0.25, 0.3) is 10.9 Å². The van der Waals surface area contributed by atoms with Crippen LogP contribution in [-0.4, -0.2) is 81.0 Å². The van der Waals surface area contributed by atoms with Gasteiger partial charge in [0.15, 0.2) is 5.01 Å². The van der Waals surface area contributed by atoms with E-state index in [2.05, 4.69) is 25.5 Å². The second-order valence-corrected chi connectivity index (χ2v) is 11.1. The predicted molar refractivity (Wildman–Crippen MR) is 149 cm³/mol. The molecule has 13 heteroatoms. The van der Waals surface area contributed by atoms with Gasteiger partial charge in [0.1, 0.15) is 5.69 Å². The summed E-state index contributed by atoms with van der Waals surface area (Å²) in [6, 6.07) is 5.42. The number of aromatic nitrogens is 2. The molecular formula is C25H30Cl2N6O4S. The highest BCUT2D eigenvalue weighted by Gasteiger charge is 2.41. The summed E-state index contributed by atoms with van der Waals surface area (Å²) in [6.07, 6.45) is 0.603. The third-order valence-corrected chi connectivity index (χ3v) is 8.47. The Bertz CT molecular complexity index is 1360. The number of hydrogen-bond acceptors (Lipinski definition) is 6. The van der Waals surface area contributed by atoms with Gasteiger partial charge in [-0.05, 0) is 44.2 Å². The minimum absolute atomic E-state index is 0. The first-order chi connectivity index (χ1) is 17.7. The summed E-state index contributed by atoms with van der Waals surface area (Å²) in [5, 5.41) is 17.6. The molecule has 0 bridgehead atoms. The second-order valence-electron chi connectivity index (χ2n) is 9.61. The van der Waals surface area contributed by atoms with Gasteiger partial charge in [0.05, 0.1) is 23.8 Å². The van der Waals surface area contributed by atoms with Gasteiger partial charge in [-0.2, -0.15) is 0 Å². The molecule has 5 rings (SSSR count). The Kier molecular flexibility index (Phi) is 8.51. The second kappa shape index (κ2) is 11.5. The topological polar surface area (TPSA) is 131 Å². The number of likely N-dealkylation sites (tertiary alicyclic amines) is 1. The molecule has 1 fully saturated rings. The van der Waals surface area contributed by atoms with Crippen LogP contribution in [0.1, 0.15) is 50.6 Å². The highest BCUT2D eigenvalue weighted by molar-refractivity contribution is 7.13. The number of thiazole rings is 1. The lowest BCUT2D eigenvalue weighted by Gasteiger charge is -2.44. The minimum Gasteiger partial charge on any atom is -0.465 e. The smallest absolute Gasteiger partial charge is 0.407 e. The number of nitrogens with zero attached hydrogens (tertiary/aromatic N) is 3. The molecule has 3 amide bonds. The van der Waals surface area contributed by atoms with Gasteiger partial charge in [-0.15, -0.1) is 23.7 Å². The van der Waals surface area contributed by atoms with E-state index in [1.807, 2.05) is 14.0 Å². The van der Waals surface area contributed by atoms with E-state index in [0.717, 1.165) is 41.0 Å². The van der Waals surface area contributed by atoms with Crippen molar-refractivity contribution in [3.05, 3.63) is 50.6 Å². The molecule has 4 heterocycles. The summed E-state index contributed by atoms with van der Waals surface area (Å²) in [6.45, 7) is 3.80. The molecular weight excluding hydrogens is 551 g/mol. The predicted octanol–water partition coefficient (Wildman–Crippen LogP) is 3.75. The number of carbonyl (C=O) groups excluding carboxylic acids is 2. The van der Waals surface area contributed by atoms with Gasteiger partial charge in [-0.25, -0.2) is 9.78 Å². The molecule has 0 aliphatic carbocycles. The van der Waals surface area contributed by atoms with E-state index >= 15 is 0 Å². The monoisotopic (exact) mass is 580 g/mol. The maximum atomic E-state index is 13.3. The number of halogens is 2. The number of H-pyrrole nitrogens is 1.